The molecular weight excluding hydrogens is 424 g/mol. The van der Waals surface area contributed by atoms with Gasteiger partial charge in [0.1, 0.15) is 11.4 Å². The second kappa shape index (κ2) is 8.66. The number of aromatic nitrogens is 3. The highest BCUT2D eigenvalue weighted by Crippen LogP contribution is 2.38. The van der Waals surface area contributed by atoms with Crippen LogP contribution in [-0.4, -0.2) is 39.6 Å². The fraction of sp³-hybridized carbons (Fsp3) is 0.296. The number of carbonyl (C=O) groups excluding carboxylic acids is 1. The molecule has 0 radical (unpaired) electrons. The largest absolute Gasteiger partial charge is 0.364 e. The molecule has 2 aliphatic rings. The van der Waals surface area contributed by atoms with Gasteiger partial charge < -0.3 is 16.4 Å². The van der Waals surface area contributed by atoms with Gasteiger partial charge in [-0.05, 0) is 68.1 Å². The standard InChI is InChI=1S/C27H28N6O/c28-27(34)23-10-11-24-31-25(26(33(24)32-23)17-4-2-1-3-5-17)19-6-8-21-18(16-19)7-9-22(21)30-20-12-14-29-15-13-20/h1-6,8,10-11,16,20,22,29-30H,7,9,12-15H2,(H2,28,34)/t22-/m0/s1. The fourth-order valence-corrected chi connectivity index (χ4v) is 5.33. The van der Waals surface area contributed by atoms with Crippen LogP contribution < -0.4 is 16.4 Å². The van der Waals surface area contributed by atoms with Gasteiger partial charge in [-0.1, -0.05) is 42.5 Å². The van der Waals surface area contributed by atoms with Crippen molar-refractivity contribution in [3.8, 4) is 22.5 Å². The number of nitrogens with two attached hydrogens (primary N) is 1. The predicted molar refractivity (Wildman–Crippen MR) is 132 cm³/mol. The third-order valence-electron chi connectivity index (χ3n) is 7.05. The molecule has 4 N–H and O–H groups in total. The molecule has 2 aromatic carbocycles. The lowest BCUT2D eigenvalue weighted by atomic mass is 9.99. The monoisotopic (exact) mass is 452 g/mol. The first-order valence-corrected chi connectivity index (χ1v) is 12.0. The summed E-state index contributed by atoms with van der Waals surface area (Å²) in [4.78, 5) is 16.7. The molecular formula is C27H28N6O. The van der Waals surface area contributed by atoms with Crippen molar-refractivity contribution in [2.75, 3.05) is 13.1 Å². The zero-order valence-electron chi connectivity index (χ0n) is 19.0. The Morgan fingerprint density at radius 3 is 2.62 bits per heavy atom. The average Bonchev–Trinajstić information content (AvgIpc) is 3.45. The second-order valence-electron chi connectivity index (χ2n) is 9.22. The minimum absolute atomic E-state index is 0.217. The molecule has 34 heavy (non-hydrogen) atoms. The van der Waals surface area contributed by atoms with E-state index in [1.165, 1.54) is 24.0 Å². The van der Waals surface area contributed by atoms with Crippen molar-refractivity contribution in [2.24, 2.45) is 5.73 Å². The number of piperidine rings is 1. The number of fused-ring (bicyclic) bond motifs is 2. The highest BCUT2D eigenvalue weighted by Gasteiger charge is 2.27. The Morgan fingerprint density at radius 2 is 1.82 bits per heavy atom. The number of rotatable bonds is 5. The topological polar surface area (TPSA) is 97.3 Å². The molecule has 1 atom stereocenters. The number of imidazole rings is 1. The van der Waals surface area contributed by atoms with Crippen LogP contribution in [0.3, 0.4) is 0 Å². The fourth-order valence-electron chi connectivity index (χ4n) is 5.33. The molecule has 0 saturated carbocycles. The molecule has 2 aromatic heterocycles. The first-order valence-electron chi connectivity index (χ1n) is 12.0. The van der Waals surface area contributed by atoms with Gasteiger partial charge in [-0.2, -0.15) is 5.10 Å². The SMILES string of the molecule is NC(=O)c1ccc2nc(-c3ccc4c(c3)CC[C@@H]4NC3CCNCC3)c(-c3ccccc3)n2n1. The highest BCUT2D eigenvalue weighted by molar-refractivity contribution is 5.91. The number of amides is 1. The lowest BCUT2D eigenvalue weighted by Crippen LogP contribution is -2.41. The van der Waals surface area contributed by atoms with Gasteiger partial charge in [0.25, 0.3) is 5.91 Å². The van der Waals surface area contributed by atoms with Crippen molar-refractivity contribution in [1.82, 2.24) is 25.2 Å². The zero-order valence-corrected chi connectivity index (χ0v) is 19.0. The van der Waals surface area contributed by atoms with Crippen LogP contribution in [0.25, 0.3) is 28.2 Å². The molecule has 4 aromatic rings. The Kier molecular flexibility index (Phi) is 5.36. The molecule has 0 spiro atoms. The van der Waals surface area contributed by atoms with E-state index in [0.29, 0.717) is 17.7 Å². The molecule has 1 aliphatic carbocycles. The van der Waals surface area contributed by atoms with Crippen molar-refractivity contribution in [3.63, 3.8) is 0 Å². The lowest BCUT2D eigenvalue weighted by molar-refractivity contribution is 0.0994. The van der Waals surface area contributed by atoms with E-state index in [0.717, 1.165) is 48.4 Å². The van der Waals surface area contributed by atoms with Gasteiger partial charge in [0, 0.05) is 23.2 Å². The average molecular weight is 453 g/mol. The second-order valence-corrected chi connectivity index (χ2v) is 9.22. The minimum atomic E-state index is -0.555. The van der Waals surface area contributed by atoms with Gasteiger partial charge in [0.2, 0.25) is 0 Å². The van der Waals surface area contributed by atoms with Crippen LogP contribution >= 0.6 is 0 Å². The smallest absolute Gasteiger partial charge is 0.269 e. The molecule has 1 saturated heterocycles. The predicted octanol–water partition coefficient (Wildman–Crippen LogP) is 3.49. The van der Waals surface area contributed by atoms with E-state index < -0.39 is 5.91 Å². The molecule has 6 rings (SSSR count). The Hall–Kier alpha value is -3.55. The summed E-state index contributed by atoms with van der Waals surface area (Å²) in [5.41, 5.74) is 13.0. The number of nitrogens with one attached hydrogen (secondary N) is 2. The van der Waals surface area contributed by atoms with Gasteiger partial charge >= 0.3 is 0 Å². The van der Waals surface area contributed by atoms with Crippen molar-refractivity contribution in [1.29, 1.82) is 0 Å². The molecule has 1 aliphatic heterocycles. The number of nitrogens with zero attached hydrogens (tertiary/aromatic N) is 3. The molecule has 3 heterocycles. The van der Waals surface area contributed by atoms with E-state index in [1.807, 2.05) is 30.3 Å². The van der Waals surface area contributed by atoms with E-state index in [-0.39, 0.29) is 5.69 Å². The molecule has 0 unspecified atom stereocenters. The molecule has 172 valence electrons. The van der Waals surface area contributed by atoms with Gasteiger partial charge in [-0.3, -0.25) is 4.79 Å². The normalized spacial score (nSPS) is 18.3. The zero-order chi connectivity index (χ0) is 23.1. The van der Waals surface area contributed by atoms with Crippen molar-refractivity contribution in [3.05, 3.63) is 77.5 Å². The summed E-state index contributed by atoms with van der Waals surface area (Å²) < 4.78 is 1.74. The van der Waals surface area contributed by atoms with Gasteiger partial charge in [0.05, 0.1) is 5.69 Å². The van der Waals surface area contributed by atoms with Crippen LogP contribution in [0.1, 0.15) is 46.9 Å². The maximum atomic E-state index is 11.8. The van der Waals surface area contributed by atoms with Crippen molar-refractivity contribution < 1.29 is 4.79 Å². The molecule has 1 fully saturated rings. The van der Waals surface area contributed by atoms with E-state index in [1.54, 1.807) is 16.6 Å². The summed E-state index contributed by atoms with van der Waals surface area (Å²) >= 11 is 0. The third kappa shape index (κ3) is 3.77. The molecule has 1 amide bonds. The summed E-state index contributed by atoms with van der Waals surface area (Å²) in [7, 11) is 0. The van der Waals surface area contributed by atoms with Crippen molar-refractivity contribution in [2.45, 2.75) is 37.8 Å². The van der Waals surface area contributed by atoms with Gasteiger partial charge in [-0.15, -0.1) is 0 Å². The van der Waals surface area contributed by atoms with E-state index in [4.69, 9.17) is 10.7 Å². The molecule has 0 bridgehead atoms. The number of hydrogen-bond donors (Lipinski definition) is 3. The Morgan fingerprint density at radius 1 is 1.00 bits per heavy atom. The molecule has 7 heteroatoms. The van der Waals surface area contributed by atoms with Crippen molar-refractivity contribution >= 4 is 11.6 Å². The summed E-state index contributed by atoms with van der Waals surface area (Å²) in [6.07, 6.45) is 4.56. The first-order chi connectivity index (χ1) is 16.7. The van der Waals surface area contributed by atoms with Crippen LogP contribution in [0, 0.1) is 0 Å². The van der Waals surface area contributed by atoms with E-state index in [9.17, 15) is 4.79 Å². The summed E-state index contributed by atoms with van der Waals surface area (Å²) in [5.74, 6) is -0.555. The number of carbonyl (C=O) groups is 1. The lowest BCUT2D eigenvalue weighted by Gasteiger charge is -2.27. The highest BCUT2D eigenvalue weighted by atomic mass is 16.1. The maximum Gasteiger partial charge on any atom is 0.269 e. The van der Waals surface area contributed by atoms with Gasteiger partial charge in [0.15, 0.2) is 5.65 Å². The molecule has 7 nitrogen and oxygen atoms in total. The van der Waals surface area contributed by atoms with Crippen LogP contribution in [0.15, 0.2) is 60.7 Å². The van der Waals surface area contributed by atoms with Crippen LogP contribution in [0.5, 0.6) is 0 Å². The number of benzene rings is 2. The Bertz CT molecular complexity index is 1360. The Balaban J connectivity index is 1.41. The summed E-state index contributed by atoms with van der Waals surface area (Å²) in [6, 6.07) is 21.2. The van der Waals surface area contributed by atoms with Crippen LogP contribution in [0.2, 0.25) is 0 Å². The summed E-state index contributed by atoms with van der Waals surface area (Å²) in [6.45, 7) is 2.19. The maximum absolute atomic E-state index is 11.8. The first kappa shape index (κ1) is 21.0. The van der Waals surface area contributed by atoms with Gasteiger partial charge in [-0.25, -0.2) is 9.50 Å². The van der Waals surface area contributed by atoms with E-state index >= 15 is 0 Å². The quantitative estimate of drug-likeness (QED) is 0.431. The number of primary amides is 1. The third-order valence-corrected chi connectivity index (χ3v) is 7.05. The Labute approximate surface area is 198 Å². The van der Waals surface area contributed by atoms with Crippen LogP contribution in [-0.2, 0) is 6.42 Å². The van der Waals surface area contributed by atoms with Crippen LogP contribution in [0.4, 0.5) is 0 Å². The minimum Gasteiger partial charge on any atom is -0.364 e. The number of aryl methyl sites for hydroxylation is 1. The summed E-state index contributed by atoms with van der Waals surface area (Å²) in [5, 5.41) is 11.9. The van der Waals surface area contributed by atoms with E-state index in [2.05, 4.69) is 33.9 Å². The number of hydrogen-bond acceptors (Lipinski definition) is 5.